The maximum absolute atomic E-state index is 11.7. The van der Waals surface area contributed by atoms with Crippen molar-refractivity contribution < 1.29 is 24.5 Å². The largest absolute Gasteiger partial charge is 0.493 e. The molecule has 0 aliphatic carbocycles. The van der Waals surface area contributed by atoms with Crippen molar-refractivity contribution in [3.63, 3.8) is 0 Å². The molecule has 1 heterocycles. The summed E-state index contributed by atoms with van der Waals surface area (Å²) in [6.07, 6.45) is 10.2. The fraction of sp³-hybridized carbons (Fsp3) is 0.344. The number of hydrogen-bond acceptors (Lipinski definition) is 6. The molecule has 7 nitrogen and oxygen atoms in total. The first-order chi connectivity index (χ1) is 18.3. The predicted molar refractivity (Wildman–Crippen MR) is 155 cm³/mol. The van der Waals surface area contributed by atoms with Crippen molar-refractivity contribution in [2.24, 2.45) is 0 Å². The van der Waals surface area contributed by atoms with Gasteiger partial charge in [-0.3, -0.25) is 9.59 Å². The molecular weight excluding hydrogens is 492 g/mol. The molecule has 0 bridgehead atoms. The van der Waals surface area contributed by atoms with Crippen LogP contribution in [-0.4, -0.2) is 41.7 Å². The van der Waals surface area contributed by atoms with Crippen LogP contribution in [0.2, 0.25) is 0 Å². The lowest BCUT2D eigenvalue weighted by Gasteiger charge is -2.27. The number of carbonyl (C=O) groups excluding carboxylic acids is 1. The second-order valence-corrected chi connectivity index (χ2v) is 9.97. The normalized spacial score (nSPS) is 13.2. The summed E-state index contributed by atoms with van der Waals surface area (Å²) in [7, 11) is 1.88. The molecule has 1 aliphatic heterocycles. The van der Waals surface area contributed by atoms with E-state index in [9.17, 15) is 14.7 Å². The number of rotatable bonds is 7. The van der Waals surface area contributed by atoms with Crippen molar-refractivity contribution >= 4 is 23.5 Å². The van der Waals surface area contributed by atoms with Gasteiger partial charge in [-0.1, -0.05) is 6.07 Å². The van der Waals surface area contributed by atoms with Crippen LogP contribution in [0.5, 0.6) is 5.75 Å². The topological polar surface area (TPSA) is 111 Å². The highest BCUT2D eigenvalue weighted by atomic mass is 16.5. The Labute approximate surface area is 232 Å². The number of ether oxygens (including phenoxy) is 1. The molecule has 0 fully saturated rings. The van der Waals surface area contributed by atoms with Gasteiger partial charge in [-0.05, 0) is 106 Å². The number of carbonyl (C=O) groups is 2. The molecule has 0 atom stereocenters. The summed E-state index contributed by atoms with van der Waals surface area (Å²) >= 11 is 0. The van der Waals surface area contributed by atoms with Crippen molar-refractivity contribution in [1.29, 1.82) is 5.26 Å². The van der Waals surface area contributed by atoms with Crippen LogP contribution in [0.3, 0.4) is 0 Å². The Morgan fingerprint density at radius 1 is 1.15 bits per heavy atom. The number of fused-ring (bicyclic) bond motifs is 1. The second-order valence-electron chi connectivity index (χ2n) is 9.97. The Morgan fingerprint density at radius 2 is 1.74 bits per heavy atom. The van der Waals surface area contributed by atoms with E-state index >= 15 is 0 Å². The molecule has 0 radical (unpaired) electrons. The Kier molecular flexibility index (Phi) is 12.7. The lowest BCUT2D eigenvalue weighted by Crippen LogP contribution is -2.18. The average molecular weight is 531 g/mol. The van der Waals surface area contributed by atoms with Crippen molar-refractivity contribution in [3.05, 3.63) is 76.0 Å². The Hall–Kier alpha value is -4.33. The fourth-order valence-electron chi connectivity index (χ4n) is 3.89. The van der Waals surface area contributed by atoms with Crippen LogP contribution in [0.15, 0.2) is 59.3 Å². The van der Waals surface area contributed by atoms with Crippen molar-refractivity contribution in [1.82, 2.24) is 0 Å². The van der Waals surface area contributed by atoms with Crippen molar-refractivity contribution in [3.8, 4) is 24.7 Å². The maximum Gasteiger partial charge on any atom is 0.307 e. The Balaban J connectivity index is 0.000000975. The standard InChI is InChI=1S/C26H26N2O4.C4H10O.C2H2/c1-17(16-29)23(14-25(30)31)26(21-8-11-24-20(13-21)5-4-12-32-24)18(2)28(3)22-9-6-19(15-27)7-10-22;1-4(2,3)5;1-2/h6-11,13,16H,4-5,12,14H2,1-3H3,(H,30,31);5H,1-3H3;1-2H/b23-17-,26-18-;;. The summed E-state index contributed by atoms with van der Waals surface area (Å²) < 4.78 is 5.74. The molecule has 0 unspecified atom stereocenters. The molecule has 0 spiro atoms. The number of aliphatic carboxylic acids is 1. The van der Waals surface area contributed by atoms with Gasteiger partial charge in [0, 0.05) is 24.0 Å². The van der Waals surface area contributed by atoms with Gasteiger partial charge >= 0.3 is 5.97 Å². The lowest BCUT2D eigenvalue weighted by molar-refractivity contribution is -0.136. The maximum atomic E-state index is 11.7. The SMILES string of the molecule is C#C.C/C(C=O)=C(CC(=O)O)/C(=C(/C)N(C)c1ccc(C#N)cc1)c1ccc2c(c1)CCCO2.CC(C)(C)O. The van der Waals surface area contributed by atoms with Gasteiger partial charge in [0.15, 0.2) is 0 Å². The molecule has 2 aromatic carbocycles. The minimum absolute atomic E-state index is 0.272. The molecule has 0 saturated carbocycles. The van der Waals surface area contributed by atoms with Gasteiger partial charge in [-0.2, -0.15) is 5.26 Å². The monoisotopic (exact) mass is 530 g/mol. The zero-order valence-electron chi connectivity index (χ0n) is 23.6. The summed E-state index contributed by atoms with van der Waals surface area (Å²) in [5.41, 5.74) is 5.16. The van der Waals surface area contributed by atoms with E-state index in [1.54, 1.807) is 39.8 Å². The van der Waals surface area contributed by atoms with E-state index in [2.05, 4.69) is 18.9 Å². The number of carboxylic acids is 1. The average Bonchev–Trinajstić information content (AvgIpc) is 2.91. The second kappa shape index (κ2) is 15.2. The fourth-order valence-corrected chi connectivity index (χ4v) is 3.89. The number of aliphatic hydroxyl groups is 1. The van der Waals surface area contributed by atoms with E-state index in [0.29, 0.717) is 35.2 Å². The molecule has 0 aromatic heterocycles. The molecule has 3 rings (SSSR count). The smallest absolute Gasteiger partial charge is 0.307 e. The van der Waals surface area contributed by atoms with Gasteiger partial charge in [-0.25, -0.2) is 0 Å². The summed E-state index contributed by atoms with van der Waals surface area (Å²) in [4.78, 5) is 25.3. The third-order valence-corrected chi connectivity index (χ3v) is 5.73. The van der Waals surface area contributed by atoms with Gasteiger partial charge in [0.25, 0.3) is 0 Å². The van der Waals surface area contributed by atoms with Gasteiger partial charge in [0.1, 0.15) is 12.0 Å². The third kappa shape index (κ3) is 10.2. The van der Waals surface area contributed by atoms with Crippen LogP contribution < -0.4 is 9.64 Å². The Morgan fingerprint density at radius 3 is 2.26 bits per heavy atom. The van der Waals surface area contributed by atoms with Gasteiger partial charge in [-0.15, -0.1) is 12.8 Å². The van der Waals surface area contributed by atoms with Crippen LogP contribution in [0.4, 0.5) is 5.69 Å². The molecule has 2 aromatic rings. The molecule has 206 valence electrons. The van der Waals surface area contributed by atoms with Crippen LogP contribution in [0.25, 0.3) is 5.57 Å². The molecule has 0 amide bonds. The van der Waals surface area contributed by atoms with Crippen LogP contribution >= 0.6 is 0 Å². The first-order valence-electron chi connectivity index (χ1n) is 12.5. The third-order valence-electron chi connectivity index (χ3n) is 5.73. The first kappa shape index (κ1) is 32.7. The van der Waals surface area contributed by atoms with Gasteiger partial charge in [0.2, 0.25) is 0 Å². The van der Waals surface area contributed by atoms with Gasteiger partial charge in [0.05, 0.1) is 30.3 Å². The van der Waals surface area contributed by atoms with E-state index in [4.69, 9.17) is 15.1 Å². The highest BCUT2D eigenvalue weighted by Gasteiger charge is 2.22. The van der Waals surface area contributed by atoms with Crippen molar-refractivity contribution in [2.75, 3.05) is 18.6 Å². The highest BCUT2D eigenvalue weighted by Crippen LogP contribution is 2.36. The number of allylic oxidation sites excluding steroid dienone is 3. The number of aryl methyl sites for hydroxylation is 1. The number of carboxylic acid groups (broad SMARTS) is 1. The number of anilines is 1. The zero-order chi connectivity index (χ0) is 29.8. The number of nitriles is 1. The number of nitrogens with zero attached hydrogens (tertiary/aromatic N) is 2. The number of hydrogen-bond donors (Lipinski definition) is 2. The highest BCUT2D eigenvalue weighted by molar-refractivity contribution is 5.94. The van der Waals surface area contributed by atoms with E-state index in [1.807, 2.05) is 49.2 Å². The van der Waals surface area contributed by atoms with E-state index in [-0.39, 0.29) is 6.42 Å². The van der Waals surface area contributed by atoms with Crippen molar-refractivity contribution in [2.45, 2.75) is 59.5 Å². The number of aldehydes is 1. The summed E-state index contributed by atoms with van der Waals surface area (Å²) in [6, 6.07) is 15.1. The molecular formula is C32H38N2O5. The zero-order valence-corrected chi connectivity index (χ0v) is 23.6. The van der Waals surface area contributed by atoms with Gasteiger partial charge < -0.3 is 19.8 Å². The van der Waals surface area contributed by atoms with Crippen LogP contribution in [0.1, 0.15) is 64.2 Å². The summed E-state index contributed by atoms with van der Waals surface area (Å²) in [5.74, 6) is -0.165. The Bertz CT molecular complexity index is 1270. The lowest BCUT2D eigenvalue weighted by atomic mass is 9.88. The van der Waals surface area contributed by atoms with E-state index in [1.165, 1.54) is 0 Å². The predicted octanol–water partition coefficient (Wildman–Crippen LogP) is 5.77. The minimum atomic E-state index is -1.01. The van der Waals surface area contributed by atoms with E-state index < -0.39 is 11.6 Å². The first-order valence-corrected chi connectivity index (χ1v) is 12.5. The summed E-state index contributed by atoms with van der Waals surface area (Å²) in [5, 5.41) is 27.2. The quantitative estimate of drug-likeness (QED) is 0.202. The molecule has 0 saturated heterocycles. The minimum Gasteiger partial charge on any atom is -0.493 e. The van der Waals surface area contributed by atoms with Crippen LogP contribution in [0, 0.1) is 24.2 Å². The molecule has 7 heteroatoms. The number of terminal acetylenes is 1. The molecule has 1 aliphatic rings. The summed E-state index contributed by atoms with van der Waals surface area (Å²) in [6.45, 7) is 9.46. The van der Waals surface area contributed by atoms with E-state index in [0.717, 1.165) is 41.1 Å². The molecule has 2 N–H and O–H groups in total. The van der Waals surface area contributed by atoms with Crippen LogP contribution in [-0.2, 0) is 16.0 Å². The molecule has 39 heavy (non-hydrogen) atoms. The number of benzene rings is 2.